The van der Waals surface area contributed by atoms with E-state index >= 15 is 0 Å². The Bertz CT molecular complexity index is 595. The summed E-state index contributed by atoms with van der Waals surface area (Å²) < 4.78 is 5.72. The van der Waals surface area contributed by atoms with E-state index in [2.05, 4.69) is 34.4 Å². The van der Waals surface area contributed by atoms with Gasteiger partial charge in [0.25, 0.3) is 0 Å². The first-order valence-electron chi connectivity index (χ1n) is 6.46. The van der Waals surface area contributed by atoms with Crippen LogP contribution in [-0.4, -0.2) is 35.8 Å². The molecule has 5 heteroatoms. The van der Waals surface area contributed by atoms with Crippen LogP contribution in [0.1, 0.15) is 11.3 Å². The summed E-state index contributed by atoms with van der Waals surface area (Å²) in [7, 11) is 0. The minimum atomic E-state index is 0.280. The first kappa shape index (κ1) is 12.6. The molecule has 1 unspecified atom stereocenters. The van der Waals surface area contributed by atoms with Crippen LogP contribution in [0.3, 0.4) is 0 Å². The fraction of sp³-hybridized carbons (Fsp3) is 0.429. The Morgan fingerprint density at radius 3 is 3.32 bits per heavy atom. The monoisotopic (exact) mass is 275 g/mol. The lowest BCUT2D eigenvalue weighted by atomic mass is 10.3. The molecule has 0 bridgehead atoms. The Labute approximate surface area is 116 Å². The second-order valence-corrected chi connectivity index (χ2v) is 5.99. The SMILES string of the molecule is C=CCOC1CCN(c2ncnc3sc(C)cc23)C1. The second-order valence-electron chi connectivity index (χ2n) is 4.75. The normalized spacial score (nSPS) is 19.2. The molecule has 19 heavy (non-hydrogen) atoms. The van der Waals surface area contributed by atoms with Gasteiger partial charge in [0.1, 0.15) is 17.0 Å². The number of aryl methyl sites for hydroxylation is 1. The van der Waals surface area contributed by atoms with Crippen molar-refractivity contribution in [2.45, 2.75) is 19.4 Å². The summed E-state index contributed by atoms with van der Waals surface area (Å²) >= 11 is 1.72. The number of thiophene rings is 1. The quantitative estimate of drug-likeness (QED) is 0.804. The Hall–Kier alpha value is -1.46. The number of ether oxygens (including phenoxy) is 1. The average molecular weight is 275 g/mol. The molecule has 3 rings (SSSR count). The molecule has 0 spiro atoms. The molecule has 3 heterocycles. The third-order valence-corrected chi connectivity index (χ3v) is 4.28. The van der Waals surface area contributed by atoms with E-state index in [1.54, 1.807) is 23.7 Å². The summed E-state index contributed by atoms with van der Waals surface area (Å²) in [6.45, 7) is 8.30. The minimum absolute atomic E-state index is 0.280. The van der Waals surface area contributed by atoms with E-state index < -0.39 is 0 Å². The second kappa shape index (κ2) is 5.27. The highest BCUT2D eigenvalue weighted by molar-refractivity contribution is 7.18. The molecule has 100 valence electrons. The third-order valence-electron chi connectivity index (χ3n) is 3.33. The summed E-state index contributed by atoms with van der Waals surface area (Å²) in [6, 6.07) is 2.17. The van der Waals surface area contributed by atoms with Crippen molar-refractivity contribution >= 4 is 27.4 Å². The zero-order valence-electron chi connectivity index (χ0n) is 11.0. The lowest BCUT2D eigenvalue weighted by Gasteiger charge is -2.17. The molecule has 1 saturated heterocycles. The van der Waals surface area contributed by atoms with Gasteiger partial charge < -0.3 is 9.64 Å². The highest BCUT2D eigenvalue weighted by Crippen LogP contribution is 2.31. The van der Waals surface area contributed by atoms with Crippen LogP contribution < -0.4 is 4.90 Å². The molecule has 0 saturated carbocycles. The molecule has 1 fully saturated rings. The van der Waals surface area contributed by atoms with E-state index in [1.165, 1.54) is 4.88 Å². The number of anilines is 1. The highest BCUT2D eigenvalue weighted by atomic mass is 32.1. The summed E-state index contributed by atoms with van der Waals surface area (Å²) in [5.74, 6) is 1.04. The predicted molar refractivity (Wildman–Crippen MR) is 78.9 cm³/mol. The zero-order valence-corrected chi connectivity index (χ0v) is 11.8. The van der Waals surface area contributed by atoms with Gasteiger partial charge in [-0.05, 0) is 19.4 Å². The number of aromatic nitrogens is 2. The van der Waals surface area contributed by atoms with Crippen molar-refractivity contribution in [3.05, 3.63) is 29.9 Å². The van der Waals surface area contributed by atoms with Crippen LogP contribution in [0.15, 0.2) is 25.0 Å². The van der Waals surface area contributed by atoms with Crippen molar-refractivity contribution in [1.29, 1.82) is 0 Å². The van der Waals surface area contributed by atoms with Gasteiger partial charge in [-0.3, -0.25) is 0 Å². The Balaban J connectivity index is 1.83. The van der Waals surface area contributed by atoms with Gasteiger partial charge in [0.2, 0.25) is 0 Å². The lowest BCUT2D eigenvalue weighted by Crippen LogP contribution is -2.24. The van der Waals surface area contributed by atoms with Gasteiger partial charge in [0.15, 0.2) is 0 Å². The van der Waals surface area contributed by atoms with E-state index in [4.69, 9.17) is 4.74 Å². The van der Waals surface area contributed by atoms with Gasteiger partial charge in [-0.15, -0.1) is 17.9 Å². The Morgan fingerprint density at radius 1 is 1.58 bits per heavy atom. The van der Waals surface area contributed by atoms with E-state index in [1.807, 2.05) is 0 Å². The van der Waals surface area contributed by atoms with E-state index in [-0.39, 0.29) is 6.10 Å². The van der Waals surface area contributed by atoms with Crippen LogP contribution >= 0.6 is 11.3 Å². The number of fused-ring (bicyclic) bond motifs is 1. The fourth-order valence-electron chi connectivity index (χ4n) is 2.48. The molecule has 1 atom stereocenters. The van der Waals surface area contributed by atoms with Crippen LogP contribution in [0.5, 0.6) is 0 Å². The fourth-order valence-corrected chi connectivity index (χ4v) is 3.32. The van der Waals surface area contributed by atoms with Crippen molar-refractivity contribution in [3.63, 3.8) is 0 Å². The van der Waals surface area contributed by atoms with Crippen molar-refractivity contribution in [2.24, 2.45) is 0 Å². The van der Waals surface area contributed by atoms with Gasteiger partial charge in [-0.2, -0.15) is 0 Å². The number of hydrogen-bond donors (Lipinski definition) is 0. The summed E-state index contributed by atoms with van der Waals surface area (Å²) in [5, 5.41) is 1.16. The molecule has 2 aromatic heterocycles. The predicted octanol–water partition coefficient (Wildman–Crippen LogP) is 2.78. The van der Waals surface area contributed by atoms with Gasteiger partial charge in [0, 0.05) is 18.0 Å². The van der Waals surface area contributed by atoms with Crippen LogP contribution in [-0.2, 0) is 4.74 Å². The van der Waals surface area contributed by atoms with E-state index in [0.717, 1.165) is 35.5 Å². The maximum Gasteiger partial charge on any atom is 0.140 e. The first-order valence-corrected chi connectivity index (χ1v) is 7.28. The smallest absolute Gasteiger partial charge is 0.140 e. The van der Waals surface area contributed by atoms with Crippen molar-refractivity contribution in [1.82, 2.24) is 9.97 Å². The molecule has 0 amide bonds. The largest absolute Gasteiger partial charge is 0.372 e. The molecule has 0 aromatic carbocycles. The molecular weight excluding hydrogens is 258 g/mol. The molecule has 0 N–H and O–H groups in total. The molecule has 4 nitrogen and oxygen atoms in total. The number of rotatable bonds is 4. The van der Waals surface area contributed by atoms with Crippen LogP contribution in [0.4, 0.5) is 5.82 Å². The van der Waals surface area contributed by atoms with Crippen LogP contribution in [0.2, 0.25) is 0 Å². The van der Waals surface area contributed by atoms with Gasteiger partial charge in [0.05, 0.1) is 18.1 Å². The zero-order chi connectivity index (χ0) is 13.2. The average Bonchev–Trinajstić information content (AvgIpc) is 3.00. The topological polar surface area (TPSA) is 38.2 Å². The molecule has 1 aliphatic heterocycles. The Kier molecular flexibility index (Phi) is 3.48. The minimum Gasteiger partial charge on any atom is -0.372 e. The molecule has 2 aromatic rings. The first-order chi connectivity index (χ1) is 9.28. The lowest BCUT2D eigenvalue weighted by molar-refractivity contribution is 0.0909. The van der Waals surface area contributed by atoms with Crippen molar-refractivity contribution in [3.8, 4) is 0 Å². The van der Waals surface area contributed by atoms with Crippen molar-refractivity contribution < 1.29 is 4.74 Å². The summed E-state index contributed by atoms with van der Waals surface area (Å²) in [4.78, 5) is 13.4. The molecule has 1 aliphatic rings. The van der Waals surface area contributed by atoms with E-state index in [0.29, 0.717) is 6.61 Å². The van der Waals surface area contributed by atoms with Gasteiger partial charge in [-0.1, -0.05) is 6.08 Å². The Morgan fingerprint density at radius 2 is 2.47 bits per heavy atom. The van der Waals surface area contributed by atoms with Gasteiger partial charge in [-0.25, -0.2) is 9.97 Å². The van der Waals surface area contributed by atoms with Crippen LogP contribution in [0.25, 0.3) is 10.2 Å². The van der Waals surface area contributed by atoms with Crippen LogP contribution in [0, 0.1) is 6.92 Å². The number of nitrogens with zero attached hydrogens (tertiary/aromatic N) is 3. The third kappa shape index (κ3) is 2.48. The van der Waals surface area contributed by atoms with Crippen molar-refractivity contribution in [2.75, 3.05) is 24.6 Å². The number of hydrogen-bond acceptors (Lipinski definition) is 5. The van der Waals surface area contributed by atoms with Gasteiger partial charge >= 0.3 is 0 Å². The standard InChI is InChI=1S/C14H17N3OS/c1-3-6-18-11-4-5-17(8-11)13-12-7-10(2)19-14(12)16-9-15-13/h3,7,9,11H,1,4-6,8H2,2H3. The summed E-state index contributed by atoms with van der Waals surface area (Å²) in [5.41, 5.74) is 0. The highest BCUT2D eigenvalue weighted by Gasteiger charge is 2.25. The molecule has 0 radical (unpaired) electrons. The van der Waals surface area contributed by atoms with E-state index in [9.17, 15) is 0 Å². The molecular formula is C14H17N3OS. The maximum absolute atomic E-state index is 5.72. The molecule has 0 aliphatic carbocycles. The maximum atomic E-state index is 5.72. The summed E-state index contributed by atoms with van der Waals surface area (Å²) in [6.07, 6.45) is 4.78.